The van der Waals surface area contributed by atoms with Crippen molar-refractivity contribution in [2.45, 2.75) is 12.8 Å². The molecule has 1 aromatic heterocycles. The molecule has 2 aromatic rings. The molecule has 0 unspecified atom stereocenters. The summed E-state index contributed by atoms with van der Waals surface area (Å²) in [5.74, 6) is -0.203. The van der Waals surface area contributed by atoms with Crippen LogP contribution < -0.4 is 10.6 Å². The lowest BCUT2D eigenvalue weighted by Crippen LogP contribution is -2.34. The van der Waals surface area contributed by atoms with Gasteiger partial charge in [0.25, 0.3) is 5.91 Å². The van der Waals surface area contributed by atoms with Crippen molar-refractivity contribution in [1.29, 1.82) is 0 Å². The Balaban J connectivity index is 1.60. The summed E-state index contributed by atoms with van der Waals surface area (Å²) in [6, 6.07) is 13.3. The zero-order chi connectivity index (χ0) is 15.6. The summed E-state index contributed by atoms with van der Waals surface area (Å²) in [6.45, 7) is 0.810. The van der Waals surface area contributed by atoms with Crippen LogP contribution in [0.4, 0.5) is 0 Å². The van der Waals surface area contributed by atoms with Crippen LogP contribution in [-0.4, -0.2) is 29.9 Å². The van der Waals surface area contributed by atoms with Gasteiger partial charge in [-0.25, -0.2) is 0 Å². The summed E-state index contributed by atoms with van der Waals surface area (Å²) in [4.78, 5) is 27.3. The van der Waals surface area contributed by atoms with Gasteiger partial charge in [-0.2, -0.15) is 0 Å². The molecule has 0 bridgehead atoms. The van der Waals surface area contributed by atoms with Crippen molar-refractivity contribution < 1.29 is 9.59 Å². The van der Waals surface area contributed by atoms with Gasteiger partial charge in [-0.3, -0.25) is 14.6 Å². The van der Waals surface area contributed by atoms with Gasteiger partial charge < -0.3 is 10.6 Å². The summed E-state index contributed by atoms with van der Waals surface area (Å²) in [7, 11) is 0. The first-order valence-corrected chi connectivity index (χ1v) is 7.24. The summed E-state index contributed by atoms with van der Waals surface area (Å²) < 4.78 is 0. The van der Waals surface area contributed by atoms with E-state index >= 15 is 0 Å². The SMILES string of the molecule is O=C(CCc1ccccc1)NCCNC(=O)c1cccnc1. The molecule has 0 aliphatic rings. The van der Waals surface area contributed by atoms with Crippen molar-refractivity contribution in [1.82, 2.24) is 15.6 Å². The number of carbonyl (C=O) groups is 2. The molecule has 114 valence electrons. The van der Waals surface area contributed by atoms with E-state index in [-0.39, 0.29) is 11.8 Å². The third-order valence-corrected chi connectivity index (χ3v) is 3.14. The number of hydrogen-bond donors (Lipinski definition) is 2. The van der Waals surface area contributed by atoms with Crippen LogP contribution in [0.25, 0.3) is 0 Å². The Bertz CT molecular complexity index is 600. The second kappa shape index (κ2) is 8.56. The van der Waals surface area contributed by atoms with E-state index < -0.39 is 0 Å². The minimum absolute atomic E-state index is 0.0144. The lowest BCUT2D eigenvalue weighted by atomic mass is 10.1. The Morgan fingerprint density at radius 1 is 0.955 bits per heavy atom. The number of carbonyl (C=O) groups excluding carboxylic acids is 2. The van der Waals surface area contributed by atoms with Crippen LogP contribution in [0.3, 0.4) is 0 Å². The average Bonchev–Trinajstić information content (AvgIpc) is 2.58. The Hall–Kier alpha value is -2.69. The van der Waals surface area contributed by atoms with Crippen molar-refractivity contribution in [3.63, 3.8) is 0 Å². The Morgan fingerprint density at radius 2 is 1.73 bits per heavy atom. The molecule has 5 nitrogen and oxygen atoms in total. The molecule has 2 amide bonds. The predicted octanol–water partition coefficient (Wildman–Crippen LogP) is 1.56. The van der Waals surface area contributed by atoms with Gasteiger partial charge in [-0.05, 0) is 24.1 Å². The fourth-order valence-electron chi connectivity index (χ4n) is 1.97. The molecule has 22 heavy (non-hydrogen) atoms. The first kappa shape index (κ1) is 15.7. The van der Waals surface area contributed by atoms with E-state index in [1.807, 2.05) is 30.3 Å². The first-order chi connectivity index (χ1) is 10.8. The fourth-order valence-corrected chi connectivity index (χ4v) is 1.97. The van der Waals surface area contributed by atoms with Crippen LogP contribution in [0.1, 0.15) is 22.3 Å². The molecule has 0 aliphatic carbocycles. The van der Waals surface area contributed by atoms with Crippen LogP contribution in [0.15, 0.2) is 54.9 Å². The summed E-state index contributed by atoms with van der Waals surface area (Å²) in [5.41, 5.74) is 1.65. The maximum absolute atomic E-state index is 11.7. The zero-order valence-corrected chi connectivity index (χ0v) is 12.3. The monoisotopic (exact) mass is 297 g/mol. The number of benzene rings is 1. The van der Waals surface area contributed by atoms with Gasteiger partial charge >= 0.3 is 0 Å². The maximum Gasteiger partial charge on any atom is 0.252 e. The molecule has 2 rings (SSSR count). The molecule has 5 heteroatoms. The van der Waals surface area contributed by atoms with Gasteiger partial charge in [-0.15, -0.1) is 0 Å². The van der Waals surface area contributed by atoms with Crippen LogP contribution in [0.2, 0.25) is 0 Å². The van der Waals surface area contributed by atoms with Gasteiger partial charge in [0.15, 0.2) is 0 Å². The Morgan fingerprint density at radius 3 is 2.45 bits per heavy atom. The minimum atomic E-state index is -0.188. The van der Waals surface area contributed by atoms with E-state index in [9.17, 15) is 9.59 Å². The van der Waals surface area contributed by atoms with Crippen molar-refractivity contribution in [3.8, 4) is 0 Å². The highest BCUT2D eigenvalue weighted by Gasteiger charge is 2.05. The Labute approximate surface area is 129 Å². The predicted molar refractivity (Wildman–Crippen MR) is 84.3 cm³/mol. The number of amides is 2. The number of nitrogens with zero attached hydrogens (tertiary/aromatic N) is 1. The third kappa shape index (κ3) is 5.36. The minimum Gasteiger partial charge on any atom is -0.354 e. The molecule has 1 aromatic carbocycles. The summed E-state index contributed by atoms with van der Waals surface area (Å²) in [6.07, 6.45) is 4.28. The zero-order valence-electron chi connectivity index (χ0n) is 12.3. The average molecular weight is 297 g/mol. The fraction of sp³-hybridized carbons (Fsp3) is 0.235. The van der Waals surface area contributed by atoms with E-state index in [1.54, 1.807) is 18.3 Å². The van der Waals surface area contributed by atoms with Gasteiger partial charge in [0.05, 0.1) is 5.56 Å². The summed E-state index contributed by atoms with van der Waals surface area (Å²) >= 11 is 0. The number of pyridine rings is 1. The highest BCUT2D eigenvalue weighted by atomic mass is 16.2. The third-order valence-electron chi connectivity index (χ3n) is 3.14. The number of nitrogens with one attached hydrogen (secondary N) is 2. The van der Waals surface area contributed by atoms with Gasteiger partial charge in [-0.1, -0.05) is 30.3 Å². The lowest BCUT2D eigenvalue weighted by Gasteiger charge is -2.07. The molecule has 0 saturated carbocycles. The highest BCUT2D eigenvalue weighted by molar-refractivity contribution is 5.93. The quantitative estimate of drug-likeness (QED) is 0.762. The number of hydrogen-bond acceptors (Lipinski definition) is 3. The molecule has 0 saturated heterocycles. The molecule has 0 spiro atoms. The van der Waals surface area contributed by atoms with E-state index in [1.165, 1.54) is 6.20 Å². The van der Waals surface area contributed by atoms with E-state index in [2.05, 4.69) is 15.6 Å². The maximum atomic E-state index is 11.7. The molecule has 0 radical (unpaired) electrons. The number of aromatic nitrogens is 1. The van der Waals surface area contributed by atoms with E-state index in [0.717, 1.165) is 5.56 Å². The topological polar surface area (TPSA) is 71.1 Å². The van der Waals surface area contributed by atoms with E-state index in [0.29, 0.717) is 31.5 Å². The van der Waals surface area contributed by atoms with Gasteiger partial charge in [0.1, 0.15) is 0 Å². The molecule has 0 aliphatic heterocycles. The highest BCUT2D eigenvalue weighted by Crippen LogP contribution is 2.01. The normalized spacial score (nSPS) is 10.0. The second-order valence-electron chi connectivity index (χ2n) is 4.83. The van der Waals surface area contributed by atoms with Crippen LogP contribution in [0.5, 0.6) is 0 Å². The standard InChI is InChI=1S/C17H19N3O2/c21-16(9-8-14-5-2-1-3-6-14)19-11-12-20-17(22)15-7-4-10-18-13-15/h1-7,10,13H,8-9,11-12H2,(H,19,21)(H,20,22). The van der Waals surface area contributed by atoms with Crippen molar-refractivity contribution in [2.75, 3.05) is 13.1 Å². The molecule has 1 heterocycles. The Kier molecular flexibility index (Phi) is 6.11. The van der Waals surface area contributed by atoms with Gasteiger partial charge in [0.2, 0.25) is 5.91 Å². The smallest absolute Gasteiger partial charge is 0.252 e. The molecular weight excluding hydrogens is 278 g/mol. The van der Waals surface area contributed by atoms with Crippen molar-refractivity contribution in [2.24, 2.45) is 0 Å². The molecule has 2 N–H and O–H groups in total. The van der Waals surface area contributed by atoms with E-state index in [4.69, 9.17) is 0 Å². The van der Waals surface area contributed by atoms with Crippen molar-refractivity contribution >= 4 is 11.8 Å². The summed E-state index contributed by atoms with van der Waals surface area (Å²) in [5, 5.41) is 5.52. The second-order valence-corrected chi connectivity index (χ2v) is 4.83. The van der Waals surface area contributed by atoms with Crippen LogP contribution in [0, 0.1) is 0 Å². The molecular formula is C17H19N3O2. The van der Waals surface area contributed by atoms with Crippen LogP contribution >= 0.6 is 0 Å². The molecule has 0 atom stereocenters. The largest absolute Gasteiger partial charge is 0.354 e. The first-order valence-electron chi connectivity index (χ1n) is 7.24. The lowest BCUT2D eigenvalue weighted by molar-refractivity contribution is -0.121. The van der Waals surface area contributed by atoms with Crippen LogP contribution in [-0.2, 0) is 11.2 Å². The molecule has 0 fully saturated rings. The van der Waals surface area contributed by atoms with Gasteiger partial charge in [0, 0.05) is 31.9 Å². The number of aryl methyl sites for hydroxylation is 1. The van der Waals surface area contributed by atoms with Crippen molar-refractivity contribution in [3.05, 3.63) is 66.0 Å². The number of rotatable bonds is 7.